The number of hydrogen-bond donors (Lipinski definition) is 0. The predicted octanol–water partition coefficient (Wildman–Crippen LogP) is 2.61. The smallest absolute Gasteiger partial charge is 0.293 e. The molecule has 0 aromatic rings. The summed E-state index contributed by atoms with van der Waals surface area (Å²) in [5.74, 6) is -14.7. The molecule has 0 aliphatic carbocycles. The van der Waals surface area contributed by atoms with Crippen molar-refractivity contribution in [3.8, 4) is 0 Å². The zero-order chi connectivity index (χ0) is 11.8. The Bertz CT molecular complexity index is 229. The molecule has 0 aromatic heterocycles. The molecule has 0 aliphatic rings. The van der Waals surface area contributed by atoms with Gasteiger partial charge in [0.25, 0.3) is 0 Å². The monoisotopic (exact) mass is 225 g/mol. The van der Waals surface area contributed by atoms with Crippen molar-refractivity contribution in [3.63, 3.8) is 0 Å². The van der Waals surface area contributed by atoms with Crippen LogP contribution in [0.3, 0.4) is 0 Å². The lowest BCUT2D eigenvalue weighted by molar-refractivity contribution is -0.343. The van der Waals surface area contributed by atoms with E-state index in [-0.39, 0.29) is 0 Å². The molecule has 0 saturated carbocycles. The summed E-state index contributed by atoms with van der Waals surface area (Å²) in [6, 6.07) is 0. The number of rotatable bonds is 3. The van der Waals surface area contributed by atoms with Crippen LogP contribution in [-0.2, 0) is 4.79 Å². The number of Topliss-reactive ketones (excluding diaryl/α,β-unsaturated/α-hetero) is 1. The molecule has 0 N–H and O–H groups in total. The van der Waals surface area contributed by atoms with Crippen molar-refractivity contribution < 1.29 is 35.5 Å². The zero-order valence-corrected chi connectivity index (χ0v) is 6.47. The lowest BCUT2D eigenvalue weighted by Gasteiger charge is -2.26. The second-order valence-corrected chi connectivity index (χ2v) is 2.32. The summed E-state index contributed by atoms with van der Waals surface area (Å²) in [5, 5.41) is 0. The van der Waals surface area contributed by atoms with Gasteiger partial charge in [-0.05, 0) is 6.92 Å². The molecular formula is C6H4F7O. The molecule has 0 saturated heterocycles. The molecular weight excluding hydrogens is 221 g/mol. The Morgan fingerprint density at radius 3 is 1.57 bits per heavy atom. The highest BCUT2D eigenvalue weighted by atomic mass is 19.4. The summed E-state index contributed by atoms with van der Waals surface area (Å²) in [7, 11) is 0. The Morgan fingerprint density at radius 1 is 1.00 bits per heavy atom. The van der Waals surface area contributed by atoms with E-state index in [2.05, 4.69) is 6.92 Å². The summed E-state index contributed by atoms with van der Waals surface area (Å²) >= 11 is 0. The zero-order valence-electron chi connectivity index (χ0n) is 6.47. The fourth-order valence-electron chi connectivity index (χ4n) is 0.510. The van der Waals surface area contributed by atoms with Gasteiger partial charge in [0.2, 0.25) is 5.78 Å². The van der Waals surface area contributed by atoms with Gasteiger partial charge in [-0.1, -0.05) is 0 Å². The topological polar surface area (TPSA) is 17.1 Å². The molecule has 1 nitrogen and oxygen atoms in total. The van der Waals surface area contributed by atoms with Crippen molar-refractivity contribution >= 4 is 5.78 Å². The highest BCUT2D eigenvalue weighted by Crippen LogP contribution is 2.47. The van der Waals surface area contributed by atoms with Crippen LogP contribution in [-0.4, -0.2) is 23.8 Å². The summed E-state index contributed by atoms with van der Waals surface area (Å²) < 4.78 is 82.8. The molecule has 14 heavy (non-hydrogen) atoms. The van der Waals surface area contributed by atoms with Crippen LogP contribution in [0.2, 0.25) is 0 Å². The Labute approximate surface area is 73.9 Å². The second-order valence-electron chi connectivity index (χ2n) is 2.32. The number of hydrogen-bond acceptors (Lipinski definition) is 1. The lowest BCUT2D eigenvalue weighted by Crippen LogP contribution is -2.55. The molecule has 0 aliphatic heterocycles. The molecule has 0 rings (SSSR count). The van der Waals surface area contributed by atoms with Gasteiger partial charge in [0.15, 0.2) is 0 Å². The maximum absolute atomic E-state index is 12.2. The van der Waals surface area contributed by atoms with Gasteiger partial charge < -0.3 is 0 Å². The molecule has 0 unspecified atom stereocenters. The van der Waals surface area contributed by atoms with E-state index < -0.39 is 30.2 Å². The Morgan fingerprint density at radius 2 is 1.36 bits per heavy atom. The van der Waals surface area contributed by atoms with Crippen LogP contribution in [0, 0.1) is 6.92 Å². The molecule has 0 atom stereocenters. The quantitative estimate of drug-likeness (QED) is 0.674. The van der Waals surface area contributed by atoms with Crippen molar-refractivity contribution in [1.82, 2.24) is 0 Å². The van der Waals surface area contributed by atoms with Gasteiger partial charge in [0, 0.05) is 6.42 Å². The van der Waals surface area contributed by atoms with Gasteiger partial charge in [-0.3, -0.25) is 4.79 Å². The molecule has 83 valence electrons. The van der Waals surface area contributed by atoms with Crippen LogP contribution in [0.5, 0.6) is 0 Å². The average molecular weight is 225 g/mol. The highest BCUT2D eigenvalue weighted by Gasteiger charge is 2.75. The SMILES string of the molecule is [CH2]CC(=O)C(F)(F)C(F)(F)C(F)(F)F. The maximum atomic E-state index is 12.2. The van der Waals surface area contributed by atoms with E-state index in [1.807, 2.05) is 0 Å². The van der Waals surface area contributed by atoms with Crippen LogP contribution >= 0.6 is 0 Å². The van der Waals surface area contributed by atoms with Crippen molar-refractivity contribution in [2.24, 2.45) is 0 Å². The minimum Gasteiger partial charge on any atom is -0.293 e. The number of ketones is 1. The van der Waals surface area contributed by atoms with E-state index in [9.17, 15) is 35.5 Å². The number of carbonyl (C=O) groups excluding carboxylic acids is 1. The molecule has 0 bridgehead atoms. The fourth-order valence-corrected chi connectivity index (χ4v) is 0.510. The summed E-state index contributed by atoms with van der Waals surface area (Å²) in [5.41, 5.74) is 0. The molecule has 1 radical (unpaired) electrons. The van der Waals surface area contributed by atoms with Crippen molar-refractivity contribution in [2.75, 3.05) is 0 Å². The number of carbonyl (C=O) groups is 1. The Hall–Kier alpha value is -0.820. The van der Waals surface area contributed by atoms with Crippen molar-refractivity contribution in [2.45, 2.75) is 24.4 Å². The third kappa shape index (κ3) is 1.83. The largest absolute Gasteiger partial charge is 0.460 e. The van der Waals surface area contributed by atoms with Crippen LogP contribution in [0.1, 0.15) is 6.42 Å². The first-order chi connectivity index (χ1) is 5.98. The standard InChI is InChI=1S/C6H4F7O/c1-2-3(14)4(7,8)5(9,10)6(11,12)13/h1-2H2. The first-order valence-corrected chi connectivity index (χ1v) is 3.13. The highest BCUT2D eigenvalue weighted by molar-refractivity contribution is 5.87. The van der Waals surface area contributed by atoms with E-state index in [1.54, 1.807) is 0 Å². The van der Waals surface area contributed by atoms with E-state index in [0.29, 0.717) is 0 Å². The lowest BCUT2D eigenvalue weighted by atomic mass is 10.1. The fraction of sp³-hybridized carbons (Fsp3) is 0.667. The van der Waals surface area contributed by atoms with Gasteiger partial charge in [0.1, 0.15) is 0 Å². The third-order valence-electron chi connectivity index (χ3n) is 1.33. The van der Waals surface area contributed by atoms with E-state index in [1.165, 1.54) is 0 Å². The molecule has 0 fully saturated rings. The van der Waals surface area contributed by atoms with Crippen LogP contribution in [0.4, 0.5) is 30.7 Å². The van der Waals surface area contributed by atoms with Gasteiger partial charge >= 0.3 is 18.0 Å². The molecule has 0 aromatic carbocycles. The number of halogens is 7. The number of alkyl halides is 7. The Kier molecular flexibility index (Phi) is 3.19. The summed E-state index contributed by atoms with van der Waals surface area (Å²) in [6.07, 6.45) is -7.82. The maximum Gasteiger partial charge on any atom is 0.460 e. The van der Waals surface area contributed by atoms with Crippen LogP contribution < -0.4 is 0 Å². The van der Waals surface area contributed by atoms with Gasteiger partial charge in [0.05, 0.1) is 0 Å². The first-order valence-electron chi connectivity index (χ1n) is 3.13. The van der Waals surface area contributed by atoms with Gasteiger partial charge in [-0.25, -0.2) is 0 Å². The normalized spacial score (nSPS) is 14.3. The van der Waals surface area contributed by atoms with Gasteiger partial charge in [-0.15, -0.1) is 0 Å². The van der Waals surface area contributed by atoms with E-state index in [0.717, 1.165) is 0 Å². The molecule has 0 heterocycles. The van der Waals surface area contributed by atoms with E-state index >= 15 is 0 Å². The first kappa shape index (κ1) is 13.2. The third-order valence-corrected chi connectivity index (χ3v) is 1.33. The summed E-state index contributed by atoms with van der Waals surface area (Å²) in [6.45, 7) is 2.52. The van der Waals surface area contributed by atoms with Gasteiger partial charge in [-0.2, -0.15) is 30.7 Å². The van der Waals surface area contributed by atoms with Crippen LogP contribution in [0.25, 0.3) is 0 Å². The second kappa shape index (κ2) is 3.39. The van der Waals surface area contributed by atoms with Crippen molar-refractivity contribution in [3.05, 3.63) is 6.92 Å². The van der Waals surface area contributed by atoms with Crippen molar-refractivity contribution in [1.29, 1.82) is 0 Å². The minimum absolute atomic E-state index is 1.35. The summed E-state index contributed by atoms with van der Waals surface area (Å²) in [4.78, 5) is 10.1. The van der Waals surface area contributed by atoms with E-state index in [4.69, 9.17) is 0 Å². The Balaban J connectivity index is 5.18. The molecule has 0 amide bonds. The molecule has 0 spiro atoms. The average Bonchev–Trinajstić information content (AvgIpc) is 2.00. The predicted molar refractivity (Wildman–Crippen MR) is 30.9 cm³/mol. The molecule has 8 heteroatoms. The minimum atomic E-state index is -6.47. The van der Waals surface area contributed by atoms with Crippen LogP contribution in [0.15, 0.2) is 0 Å².